The Morgan fingerprint density at radius 2 is 1.95 bits per heavy atom. The summed E-state index contributed by atoms with van der Waals surface area (Å²) in [6.07, 6.45) is 0. The molecule has 1 aromatic heterocycles. The maximum Gasteiger partial charge on any atom is 0.127 e. The van der Waals surface area contributed by atoms with Gasteiger partial charge in [0.05, 0.1) is 13.2 Å². The summed E-state index contributed by atoms with van der Waals surface area (Å²) in [5.41, 5.74) is 9.70. The van der Waals surface area contributed by atoms with Crippen molar-refractivity contribution in [3.63, 3.8) is 0 Å². The molecule has 1 heterocycles. The average molecular weight is 405 g/mol. The van der Waals surface area contributed by atoms with E-state index in [0.717, 1.165) is 36.3 Å². The number of thiophene rings is 1. The molecule has 0 aliphatic carbocycles. The average Bonchev–Trinajstić information content (AvgIpc) is 2.79. The van der Waals surface area contributed by atoms with Gasteiger partial charge in [0.15, 0.2) is 0 Å². The van der Waals surface area contributed by atoms with E-state index in [-0.39, 0.29) is 6.04 Å². The smallest absolute Gasteiger partial charge is 0.127 e. The molecule has 0 bridgehead atoms. The van der Waals surface area contributed by atoms with Gasteiger partial charge in [-0.05, 0) is 58.4 Å². The molecule has 1 aromatic carbocycles. The SMILES string of the molecule is COc1c(C)cc(Br)c(C)c1C(N)c1sccc1Br. The molecule has 102 valence electrons. The molecular formula is C14H15Br2NOS. The van der Waals surface area contributed by atoms with Crippen LogP contribution < -0.4 is 10.5 Å². The Balaban J connectivity index is 2.64. The minimum absolute atomic E-state index is 0.194. The Bertz CT molecular complexity index is 610. The fourth-order valence-electron chi connectivity index (χ4n) is 2.18. The second-order valence-electron chi connectivity index (χ2n) is 4.36. The van der Waals surface area contributed by atoms with Gasteiger partial charge >= 0.3 is 0 Å². The molecule has 2 aromatic rings. The first-order chi connectivity index (χ1) is 8.97. The highest BCUT2D eigenvalue weighted by molar-refractivity contribution is 9.10. The molecule has 0 saturated heterocycles. The maximum absolute atomic E-state index is 6.46. The molecule has 1 atom stereocenters. The van der Waals surface area contributed by atoms with Gasteiger partial charge in [-0.2, -0.15) is 0 Å². The largest absolute Gasteiger partial charge is 0.496 e. The molecule has 0 fully saturated rings. The van der Waals surface area contributed by atoms with Crippen molar-refractivity contribution >= 4 is 43.2 Å². The van der Waals surface area contributed by atoms with E-state index in [2.05, 4.69) is 44.8 Å². The van der Waals surface area contributed by atoms with Crippen LogP contribution in [0.4, 0.5) is 0 Å². The lowest BCUT2D eigenvalue weighted by atomic mass is 9.96. The van der Waals surface area contributed by atoms with Gasteiger partial charge in [0.1, 0.15) is 5.75 Å². The molecule has 0 radical (unpaired) electrons. The molecule has 0 aliphatic rings. The molecule has 2 rings (SSSR count). The Kier molecular flexibility index (Phi) is 4.71. The zero-order valence-corrected chi connectivity index (χ0v) is 14.9. The summed E-state index contributed by atoms with van der Waals surface area (Å²) in [6, 6.07) is 3.89. The van der Waals surface area contributed by atoms with Crippen molar-refractivity contribution in [2.45, 2.75) is 19.9 Å². The number of rotatable bonds is 3. The summed E-state index contributed by atoms with van der Waals surface area (Å²) in [6.45, 7) is 4.09. The van der Waals surface area contributed by atoms with Crippen molar-refractivity contribution in [2.75, 3.05) is 7.11 Å². The van der Waals surface area contributed by atoms with Gasteiger partial charge in [-0.3, -0.25) is 0 Å². The van der Waals surface area contributed by atoms with Gasteiger partial charge < -0.3 is 10.5 Å². The second-order valence-corrected chi connectivity index (χ2v) is 7.01. The molecule has 0 saturated carbocycles. The van der Waals surface area contributed by atoms with Gasteiger partial charge in [0.25, 0.3) is 0 Å². The van der Waals surface area contributed by atoms with Crippen LogP contribution >= 0.6 is 43.2 Å². The van der Waals surface area contributed by atoms with Crippen molar-refractivity contribution in [3.05, 3.63) is 48.0 Å². The fourth-order valence-corrected chi connectivity index (χ4v) is 4.37. The van der Waals surface area contributed by atoms with E-state index in [1.165, 1.54) is 0 Å². The third-order valence-electron chi connectivity index (χ3n) is 3.15. The Hall–Kier alpha value is -0.360. The minimum atomic E-state index is -0.194. The first-order valence-electron chi connectivity index (χ1n) is 5.79. The second kappa shape index (κ2) is 5.95. The summed E-state index contributed by atoms with van der Waals surface area (Å²) in [7, 11) is 1.69. The molecule has 0 spiro atoms. The van der Waals surface area contributed by atoms with Crippen molar-refractivity contribution in [1.29, 1.82) is 0 Å². The number of methoxy groups -OCH3 is 1. The number of aryl methyl sites for hydroxylation is 1. The number of ether oxygens (including phenoxy) is 1. The van der Waals surface area contributed by atoms with Crippen LogP contribution in [0.2, 0.25) is 0 Å². The monoisotopic (exact) mass is 403 g/mol. The highest BCUT2D eigenvalue weighted by Crippen LogP contribution is 2.40. The van der Waals surface area contributed by atoms with E-state index in [4.69, 9.17) is 10.5 Å². The lowest BCUT2D eigenvalue weighted by Gasteiger charge is -2.21. The molecule has 2 N–H and O–H groups in total. The highest BCUT2D eigenvalue weighted by atomic mass is 79.9. The lowest BCUT2D eigenvalue weighted by Crippen LogP contribution is -2.14. The van der Waals surface area contributed by atoms with Crippen molar-refractivity contribution in [1.82, 2.24) is 0 Å². The topological polar surface area (TPSA) is 35.2 Å². The van der Waals surface area contributed by atoms with Crippen LogP contribution in [-0.4, -0.2) is 7.11 Å². The number of hydrogen-bond acceptors (Lipinski definition) is 3. The normalized spacial score (nSPS) is 12.5. The van der Waals surface area contributed by atoms with Crippen LogP contribution in [0.5, 0.6) is 5.75 Å². The van der Waals surface area contributed by atoms with E-state index in [0.29, 0.717) is 0 Å². The maximum atomic E-state index is 6.46. The Labute approximate surface area is 134 Å². The highest BCUT2D eigenvalue weighted by Gasteiger charge is 2.22. The van der Waals surface area contributed by atoms with Crippen LogP contribution in [0, 0.1) is 13.8 Å². The van der Waals surface area contributed by atoms with Gasteiger partial charge in [0.2, 0.25) is 0 Å². The van der Waals surface area contributed by atoms with Crippen molar-refractivity contribution in [2.24, 2.45) is 5.73 Å². The molecule has 5 heteroatoms. The quantitative estimate of drug-likeness (QED) is 0.785. The summed E-state index contributed by atoms with van der Waals surface area (Å²) in [5, 5.41) is 2.03. The Morgan fingerprint density at radius 1 is 1.26 bits per heavy atom. The Morgan fingerprint density at radius 3 is 2.47 bits per heavy atom. The van der Waals surface area contributed by atoms with Crippen LogP contribution in [0.1, 0.15) is 27.6 Å². The number of hydrogen-bond donors (Lipinski definition) is 1. The number of halogens is 2. The number of nitrogens with two attached hydrogens (primary N) is 1. The van der Waals surface area contributed by atoms with Gasteiger partial charge in [-0.25, -0.2) is 0 Å². The van der Waals surface area contributed by atoms with Gasteiger partial charge in [-0.15, -0.1) is 11.3 Å². The molecule has 19 heavy (non-hydrogen) atoms. The van der Waals surface area contributed by atoms with Gasteiger partial charge in [0, 0.05) is 19.4 Å². The fraction of sp³-hybridized carbons (Fsp3) is 0.286. The van der Waals surface area contributed by atoms with Crippen molar-refractivity contribution < 1.29 is 4.74 Å². The van der Waals surface area contributed by atoms with Crippen LogP contribution in [0.15, 0.2) is 26.5 Å². The molecule has 0 amide bonds. The first kappa shape index (κ1) is 15.0. The van der Waals surface area contributed by atoms with E-state index < -0.39 is 0 Å². The van der Waals surface area contributed by atoms with Crippen molar-refractivity contribution in [3.8, 4) is 5.75 Å². The predicted molar refractivity (Wildman–Crippen MR) is 88.2 cm³/mol. The standard InChI is InChI=1S/C14H15Br2NOS/c1-7-6-10(16)8(2)11(13(7)18-3)12(17)14-9(15)4-5-19-14/h4-6,12H,17H2,1-3H3. The molecule has 1 unspecified atom stereocenters. The summed E-state index contributed by atoms with van der Waals surface area (Å²) in [4.78, 5) is 1.11. The van der Waals surface area contributed by atoms with E-state index in [9.17, 15) is 0 Å². The minimum Gasteiger partial charge on any atom is -0.496 e. The summed E-state index contributed by atoms with van der Waals surface area (Å²) >= 11 is 8.79. The number of benzene rings is 1. The summed E-state index contributed by atoms with van der Waals surface area (Å²) < 4.78 is 7.66. The molecular weight excluding hydrogens is 390 g/mol. The van der Waals surface area contributed by atoms with E-state index in [1.54, 1.807) is 18.4 Å². The third-order valence-corrected chi connectivity index (χ3v) is 5.93. The van der Waals surface area contributed by atoms with Crippen LogP contribution in [-0.2, 0) is 0 Å². The van der Waals surface area contributed by atoms with Gasteiger partial charge in [-0.1, -0.05) is 15.9 Å². The van der Waals surface area contributed by atoms with Crippen LogP contribution in [0.3, 0.4) is 0 Å². The predicted octanol–water partition coefficient (Wildman–Crippen LogP) is 4.95. The zero-order valence-electron chi connectivity index (χ0n) is 11.0. The van der Waals surface area contributed by atoms with E-state index >= 15 is 0 Å². The van der Waals surface area contributed by atoms with Crippen LogP contribution in [0.25, 0.3) is 0 Å². The molecule has 2 nitrogen and oxygen atoms in total. The lowest BCUT2D eigenvalue weighted by molar-refractivity contribution is 0.404. The first-order valence-corrected chi connectivity index (χ1v) is 8.26. The molecule has 0 aliphatic heterocycles. The third kappa shape index (κ3) is 2.75. The zero-order chi connectivity index (χ0) is 14.2. The summed E-state index contributed by atoms with van der Waals surface area (Å²) in [5.74, 6) is 0.869. The van der Waals surface area contributed by atoms with E-state index in [1.807, 2.05) is 18.4 Å².